The molecule has 0 saturated carbocycles. The largest absolute Gasteiger partial charge is 0.379 e. The Morgan fingerprint density at radius 1 is 1.31 bits per heavy atom. The lowest BCUT2D eigenvalue weighted by Crippen LogP contribution is -2.40. The molecule has 1 aromatic heterocycles. The van der Waals surface area contributed by atoms with Crippen LogP contribution in [0.4, 0.5) is 17.3 Å². The van der Waals surface area contributed by atoms with Crippen molar-refractivity contribution in [3.8, 4) is 0 Å². The second-order valence-corrected chi connectivity index (χ2v) is 7.39. The van der Waals surface area contributed by atoms with Gasteiger partial charge in [0.15, 0.2) is 11.6 Å². The van der Waals surface area contributed by atoms with Crippen molar-refractivity contribution in [2.45, 2.75) is 39.7 Å². The summed E-state index contributed by atoms with van der Waals surface area (Å²) in [6.07, 6.45) is 1.78. The van der Waals surface area contributed by atoms with Crippen molar-refractivity contribution in [2.75, 3.05) is 55.3 Å². The van der Waals surface area contributed by atoms with Crippen LogP contribution in [0.25, 0.3) is 0 Å². The van der Waals surface area contributed by atoms with Gasteiger partial charge in [0, 0.05) is 19.6 Å². The second kappa shape index (κ2) is 8.64. The first-order chi connectivity index (χ1) is 12.5. The zero-order valence-electron chi connectivity index (χ0n) is 16.0. The van der Waals surface area contributed by atoms with Crippen LogP contribution in [0.2, 0.25) is 0 Å². The molecule has 1 saturated heterocycles. The molecule has 2 aliphatic heterocycles. The molecule has 0 aromatic carbocycles. The summed E-state index contributed by atoms with van der Waals surface area (Å²) in [5.74, 6) is 2.50. The van der Waals surface area contributed by atoms with Gasteiger partial charge in [-0.1, -0.05) is 13.8 Å². The summed E-state index contributed by atoms with van der Waals surface area (Å²) < 4.78 is 5.37. The van der Waals surface area contributed by atoms with Gasteiger partial charge in [-0.05, 0) is 32.2 Å². The summed E-state index contributed by atoms with van der Waals surface area (Å²) >= 11 is 0. The third kappa shape index (κ3) is 4.82. The number of hydrogen-bond acceptors (Lipinski definition) is 7. The first kappa shape index (κ1) is 18.8. The minimum Gasteiger partial charge on any atom is -0.379 e. The fourth-order valence-corrected chi connectivity index (χ4v) is 3.34. The van der Waals surface area contributed by atoms with Gasteiger partial charge in [-0.2, -0.15) is 0 Å². The Bertz CT molecular complexity index is 630. The standard InChI is InChI=1S/C18H30N6O2/c1-12(2)11-14-18(25)23-15-16(20-13(3)21-17(15)22-14)19-5-4-6-24-7-9-26-10-8-24/h12,14H,4-11H2,1-3H3,(H,23,25)(H2,19,20,21,22). The molecule has 1 atom stereocenters. The molecule has 0 bridgehead atoms. The number of aromatic nitrogens is 2. The predicted molar refractivity (Wildman–Crippen MR) is 103 cm³/mol. The molecule has 1 fully saturated rings. The summed E-state index contributed by atoms with van der Waals surface area (Å²) in [7, 11) is 0. The van der Waals surface area contributed by atoms with Gasteiger partial charge in [0.25, 0.3) is 0 Å². The zero-order valence-corrected chi connectivity index (χ0v) is 16.0. The second-order valence-electron chi connectivity index (χ2n) is 7.39. The van der Waals surface area contributed by atoms with Gasteiger partial charge in [0.2, 0.25) is 5.91 Å². The molecule has 3 heterocycles. The summed E-state index contributed by atoms with van der Waals surface area (Å²) in [5.41, 5.74) is 0.659. The van der Waals surface area contributed by atoms with Crippen molar-refractivity contribution in [2.24, 2.45) is 5.92 Å². The number of morpholine rings is 1. The summed E-state index contributed by atoms with van der Waals surface area (Å²) in [4.78, 5) is 23.7. The highest BCUT2D eigenvalue weighted by Crippen LogP contribution is 2.32. The van der Waals surface area contributed by atoms with Crippen LogP contribution >= 0.6 is 0 Å². The average Bonchev–Trinajstić information content (AvgIpc) is 2.60. The molecule has 3 rings (SSSR count). The molecular weight excluding hydrogens is 332 g/mol. The van der Waals surface area contributed by atoms with Crippen LogP contribution in [0.15, 0.2) is 0 Å². The minimum atomic E-state index is -0.244. The SMILES string of the molecule is Cc1nc(NCCCN2CCOCC2)c2c(n1)NC(CC(C)C)C(=O)N2. The molecule has 8 nitrogen and oxygen atoms in total. The maximum atomic E-state index is 12.4. The van der Waals surface area contributed by atoms with Gasteiger partial charge in [0.1, 0.15) is 17.6 Å². The molecule has 1 amide bonds. The van der Waals surface area contributed by atoms with E-state index in [-0.39, 0.29) is 11.9 Å². The summed E-state index contributed by atoms with van der Waals surface area (Å²) in [6, 6.07) is -0.244. The van der Waals surface area contributed by atoms with Gasteiger partial charge in [-0.3, -0.25) is 9.69 Å². The number of ether oxygens (including phenoxy) is 1. The Morgan fingerprint density at radius 2 is 2.08 bits per heavy atom. The molecule has 3 N–H and O–H groups in total. The molecule has 1 aromatic rings. The van der Waals surface area contributed by atoms with E-state index in [0.717, 1.165) is 52.2 Å². The number of aryl methyl sites for hydroxylation is 1. The molecule has 144 valence electrons. The molecule has 1 unspecified atom stereocenters. The predicted octanol–water partition coefficient (Wildman–Crippen LogP) is 1.70. The van der Waals surface area contributed by atoms with Gasteiger partial charge in [-0.25, -0.2) is 9.97 Å². The number of nitrogens with zero attached hydrogens (tertiary/aromatic N) is 3. The molecule has 0 aliphatic carbocycles. The van der Waals surface area contributed by atoms with Crippen molar-refractivity contribution in [1.82, 2.24) is 14.9 Å². The summed E-state index contributed by atoms with van der Waals surface area (Å²) in [5, 5.41) is 9.63. The Hall–Kier alpha value is -1.93. The number of amides is 1. The Labute approximate surface area is 155 Å². The van der Waals surface area contributed by atoms with E-state index in [0.29, 0.717) is 29.1 Å². The minimum absolute atomic E-state index is 0.0185. The molecule has 26 heavy (non-hydrogen) atoms. The number of carbonyl (C=O) groups is 1. The Morgan fingerprint density at radius 3 is 2.81 bits per heavy atom. The maximum absolute atomic E-state index is 12.4. The van der Waals surface area contributed by atoms with Crippen LogP contribution in [0, 0.1) is 12.8 Å². The van der Waals surface area contributed by atoms with Crippen LogP contribution in [0.1, 0.15) is 32.5 Å². The fourth-order valence-electron chi connectivity index (χ4n) is 3.34. The number of hydrogen-bond donors (Lipinski definition) is 3. The van der Waals surface area contributed by atoms with Crippen LogP contribution in [-0.2, 0) is 9.53 Å². The van der Waals surface area contributed by atoms with Crippen molar-refractivity contribution in [3.63, 3.8) is 0 Å². The number of carbonyl (C=O) groups excluding carboxylic acids is 1. The lowest BCUT2D eigenvalue weighted by atomic mass is 10.0. The van der Waals surface area contributed by atoms with E-state index in [2.05, 4.69) is 44.7 Å². The van der Waals surface area contributed by atoms with E-state index < -0.39 is 0 Å². The van der Waals surface area contributed by atoms with Gasteiger partial charge >= 0.3 is 0 Å². The molecule has 8 heteroatoms. The van der Waals surface area contributed by atoms with Crippen molar-refractivity contribution in [1.29, 1.82) is 0 Å². The molecular formula is C18H30N6O2. The van der Waals surface area contributed by atoms with Crippen molar-refractivity contribution < 1.29 is 9.53 Å². The van der Waals surface area contributed by atoms with Gasteiger partial charge in [0.05, 0.1) is 13.2 Å². The van der Waals surface area contributed by atoms with E-state index in [4.69, 9.17) is 4.74 Å². The highest BCUT2D eigenvalue weighted by Gasteiger charge is 2.29. The number of anilines is 3. The molecule has 0 spiro atoms. The third-order valence-electron chi connectivity index (χ3n) is 4.65. The quantitative estimate of drug-likeness (QED) is 0.636. The topological polar surface area (TPSA) is 91.4 Å². The van der Waals surface area contributed by atoms with Crippen LogP contribution in [-0.4, -0.2) is 66.2 Å². The van der Waals surface area contributed by atoms with E-state index in [1.165, 1.54) is 0 Å². The van der Waals surface area contributed by atoms with Crippen LogP contribution in [0.5, 0.6) is 0 Å². The normalized spacial score (nSPS) is 20.5. The average molecular weight is 362 g/mol. The Kier molecular flexibility index (Phi) is 6.26. The molecule has 2 aliphatic rings. The summed E-state index contributed by atoms with van der Waals surface area (Å²) in [6.45, 7) is 11.6. The first-order valence-electron chi connectivity index (χ1n) is 9.53. The third-order valence-corrected chi connectivity index (χ3v) is 4.65. The number of fused-ring (bicyclic) bond motifs is 1. The van der Waals surface area contributed by atoms with Crippen LogP contribution in [0.3, 0.4) is 0 Å². The lowest BCUT2D eigenvalue weighted by Gasteiger charge is -2.29. The highest BCUT2D eigenvalue weighted by molar-refractivity contribution is 6.04. The number of nitrogens with one attached hydrogen (secondary N) is 3. The Balaban J connectivity index is 1.60. The van der Waals surface area contributed by atoms with Crippen molar-refractivity contribution >= 4 is 23.2 Å². The van der Waals surface area contributed by atoms with E-state index in [9.17, 15) is 4.79 Å². The maximum Gasteiger partial charge on any atom is 0.247 e. The van der Waals surface area contributed by atoms with Crippen LogP contribution < -0.4 is 16.0 Å². The van der Waals surface area contributed by atoms with E-state index >= 15 is 0 Å². The lowest BCUT2D eigenvalue weighted by molar-refractivity contribution is -0.117. The van der Waals surface area contributed by atoms with Gasteiger partial charge < -0.3 is 20.7 Å². The van der Waals surface area contributed by atoms with Crippen molar-refractivity contribution in [3.05, 3.63) is 5.82 Å². The highest BCUT2D eigenvalue weighted by atomic mass is 16.5. The van der Waals surface area contributed by atoms with E-state index in [1.807, 2.05) is 6.92 Å². The molecule has 0 radical (unpaired) electrons. The van der Waals surface area contributed by atoms with Gasteiger partial charge in [-0.15, -0.1) is 0 Å². The zero-order chi connectivity index (χ0) is 18.5. The van der Waals surface area contributed by atoms with E-state index in [1.54, 1.807) is 0 Å². The smallest absolute Gasteiger partial charge is 0.247 e. The number of rotatable bonds is 7. The first-order valence-corrected chi connectivity index (χ1v) is 9.53. The fraction of sp³-hybridized carbons (Fsp3) is 0.722. The monoisotopic (exact) mass is 362 g/mol.